The van der Waals surface area contributed by atoms with Gasteiger partial charge in [-0.2, -0.15) is 0 Å². The molecule has 17 heavy (non-hydrogen) atoms. The molecule has 4 unspecified atom stereocenters. The molecule has 0 spiro atoms. The largest absolute Gasteiger partial charge is 0.393 e. The van der Waals surface area contributed by atoms with E-state index in [0.717, 1.165) is 51.5 Å². The van der Waals surface area contributed by atoms with Gasteiger partial charge >= 0.3 is 0 Å². The Labute approximate surface area is 103 Å². The maximum atomic E-state index is 12.0. The monoisotopic (exact) mass is 240 g/mol. The Balaban J connectivity index is 1.69. The third-order valence-electron chi connectivity index (χ3n) is 4.16. The van der Waals surface area contributed by atoms with Crippen LogP contribution in [0.4, 0.5) is 0 Å². The number of amides is 1. The number of hydrogen-bond donors (Lipinski definition) is 3. The molecule has 0 aromatic heterocycles. The van der Waals surface area contributed by atoms with Crippen LogP contribution in [0, 0.1) is 11.8 Å². The number of aliphatic hydroxyl groups is 1. The van der Waals surface area contributed by atoms with Gasteiger partial charge in [0.15, 0.2) is 0 Å². The van der Waals surface area contributed by atoms with Crippen molar-refractivity contribution in [2.24, 2.45) is 17.6 Å². The van der Waals surface area contributed by atoms with Crippen molar-refractivity contribution in [1.29, 1.82) is 0 Å². The van der Waals surface area contributed by atoms with Crippen LogP contribution < -0.4 is 11.1 Å². The minimum Gasteiger partial charge on any atom is -0.393 e. The second kappa shape index (κ2) is 5.83. The highest BCUT2D eigenvalue weighted by Gasteiger charge is 2.27. The summed E-state index contributed by atoms with van der Waals surface area (Å²) in [4.78, 5) is 12.0. The van der Waals surface area contributed by atoms with Gasteiger partial charge in [-0.15, -0.1) is 0 Å². The summed E-state index contributed by atoms with van der Waals surface area (Å²) in [6.07, 6.45) is 6.54. The van der Waals surface area contributed by atoms with Gasteiger partial charge in [0.2, 0.25) is 5.91 Å². The molecule has 0 saturated heterocycles. The minimum absolute atomic E-state index is 0.116. The summed E-state index contributed by atoms with van der Waals surface area (Å²) >= 11 is 0. The first-order valence-electron chi connectivity index (χ1n) is 6.86. The number of rotatable bonds is 3. The van der Waals surface area contributed by atoms with Gasteiger partial charge in [-0.25, -0.2) is 0 Å². The van der Waals surface area contributed by atoms with Crippen LogP contribution in [-0.4, -0.2) is 29.7 Å². The van der Waals surface area contributed by atoms with E-state index in [-0.39, 0.29) is 24.0 Å². The van der Waals surface area contributed by atoms with E-state index < -0.39 is 0 Å². The lowest BCUT2D eigenvalue weighted by atomic mass is 9.85. The topological polar surface area (TPSA) is 75.4 Å². The first-order chi connectivity index (χ1) is 8.15. The smallest absolute Gasteiger partial charge is 0.223 e. The summed E-state index contributed by atoms with van der Waals surface area (Å²) in [7, 11) is 0. The summed E-state index contributed by atoms with van der Waals surface area (Å²) in [5, 5.41) is 12.4. The summed E-state index contributed by atoms with van der Waals surface area (Å²) in [6, 6.07) is 0.202. The highest BCUT2D eigenvalue weighted by molar-refractivity contribution is 5.78. The molecule has 1 amide bonds. The number of aliphatic hydroxyl groups excluding tert-OH is 1. The van der Waals surface area contributed by atoms with Gasteiger partial charge in [-0.3, -0.25) is 4.79 Å². The highest BCUT2D eigenvalue weighted by atomic mass is 16.3. The summed E-state index contributed by atoms with van der Waals surface area (Å²) < 4.78 is 0. The third kappa shape index (κ3) is 3.68. The average Bonchev–Trinajstić information content (AvgIpc) is 2.72. The van der Waals surface area contributed by atoms with Crippen molar-refractivity contribution in [3.05, 3.63) is 0 Å². The van der Waals surface area contributed by atoms with Gasteiger partial charge in [-0.1, -0.05) is 6.42 Å². The van der Waals surface area contributed by atoms with Crippen molar-refractivity contribution in [3.8, 4) is 0 Å². The zero-order chi connectivity index (χ0) is 12.3. The van der Waals surface area contributed by atoms with Gasteiger partial charge < -0.3 is 16.2 Å². The van der Waals surface area contributed by atoms with Gasteiger partial charge in [0.25, 0.3) is 0 Å². The van der Waals surface area contributed by atoms with E-state index in [0.29, 0.717) is 5.92 Å². The fourth-order valence-corrected chi connectivity index (χ4v) is 3.09. The molecule has 98 valence electrons. The van der Waals surface area contributed by atoms with Crippen LogP contribution in [0.25, 0.3) is 0 Å². The van der Waals surface area contributed by atoms with Crippen LogP contribution in [0.5, 0.6) is 0 Å². The van der Waals surface area contributed by atoms with Crippen molar-refractivity contribution in [3.63, 3.8) is 0 Å². The normalized spacial score (nSPS) is 38.0. The first kappa shape index (κ1) is 12.8. The Kier molecular flexibility index (Phi) is 4.40. The molecule has 2 aliphatic carbocycles. The zero-order valence-corrected chi connectivity index (χ0v) is 10.4. The van der Waals surface area contributed by atoms with Crippen LogP contribution in [0.1, 0.15) is 44.9 Å². The zero-order valence-electron chi connectivity index (χ0n) is 10.4. The molecule has 2 fully saturated rings. The molecule has 0 aromatic carbocycles. The Hall–Kier alpha value is -0.610. The summed E-state index contributed by atoms with van der Waals surface area (Å²) in [6.45, 7) is 0.724. The lowest BCUT2D eigenvalue weighted by Crippen LogP contribution is -2.39. The van der Waals surface area contributed by atoms with Gasteiger partial charge in [0.1, 0.15) is 0 Å². The molecule has 4 heteroatoms. The molecule has 4 N–H and O–H groups in total. The average molecular weight is 240 g/mol. The van der Waals surface area contributed by atoms with E-state index in [1.54, 1.807) is 0 Å². The molecule has 0 heterocycles. The summed E-state index contributed by atoms with van der Waals surface area (Å²) in [5.74, 6) is 0.748. The number of nitrogens with two attached hydrogens (primary N) is 1. The van der Waals surface area contributed by atoms with Crippen LogP contribution in [0.15, 0.2) is 0 Å². The quantitative estimate of drug-likeness (QED) is 0.682. The van der Waals surface area contributed by atoms with Crippen molar-refractivity contribution in [2.45, 2.75) is 57.1 Å². The van der Waals surface area contributed by atoms with E-state index in [9.17, 15) is 9.90 Å². The predicted molar refractivity (Wildman–Crippen MR) is 66.3 cm³/mol. The Morgan fingerprint density at radius 1 is 1.24 bits per heavy atom. The van der Waals surface area contributed by atoms with E-state index >= 15 is 0 Å². The second-order valence-electron chi connectivity index (χ2n) is 5.70. The molecular formula is C13H24N2O2. The van der Waals surface area contributed by atoms with Crippen molar-refractivity contribution in [1.82, 2.24) is 5.32 Å². The Morgan fingerprint density at radius 2 is 2.06 bits per heavy atom. The minimum atomic E-state index is -0.153. The van der Waals surface area contributed by atoms with Crippen molar-refractivity contribution in [2.75, 3.05) is 6.54 Å². The maximum Gasteiger partial charge on any atom is 0.223 e. The van der Waals surface area contributed by atoms with Crippen LogP contribution in [0.2, 0.25) is 0 Å². The SMILES string of the molecule is NC1CCCC(C(=O)NCC2CCC(O)C2)C1. The Morgan fingerprint density at radius 3 is 2.71 bits per heavy atom. The van der Waals surface area contributed by atoms with Gasteiger partial charge in [-0.05, 0) is 44.4 Å². The molecular weight excluding hydrogens is 216 g/mol. The molecule has 0 aliphatic heterocycles. The van der Waals surface area contributed by atoms with Crippen LogP contribution in [0.3, 0.4) is 0 Å². The number of carbonyl (C=O) groups excluding carboxylic acids is 1. The van der Waals surface area contributed by atoms with Crippen molar-refractivity contribution < 1.29 is 9.90 Å². The molecule has 4 nitrogen and oxygen atoms in total. The summed E-state index contributed by atoms with van der Waals surface area (Å²) in [5.41, 5.74) is 5.89. The molecule has 4 atom stereocenters. The predicted octanol–water partition coefficient (Wildman–Crippen LogP) is 0.781. The van der Waals surface area contributed by atoms with Gasteiger partial charge in [0.05, 0.1) is 6.10 Å². The van der Waals surface area contributed by atoms with E-state index in [1.807, 2.05) is 0 Å². The second-order valence-corrected chi connectivity index (χ2v) is 5.70. The molecule has 0 bridgehead atoms. The number of carbonyl (C=O) groups is 1. The number of nitrogens with one attached hydrogen (secondary N) is 1. The van der Waals surface area contributed by atoms with Crippen LogP contribution >= 0.6 is 0 Å². The van der Waals surface area contributed by atoms with E-state index in [4.69, 9.17) is 5.73 Å². The molecule has 0 radical (unpaired) electrons. The Bertz CT molecular complexity index is 270. The fraction of sp³-hybridized carbons (Fsp3) is 0.923. The lowest BCUT2D eigenvalue weighted by molar-refractivity contribution is -0.126. The molecule has 0 aromatic rings. The van der Waals surface area contributed by atoms with Crippen LogP contribution in [-0.2, 0) is 4.79 Å². The van der Waals surface area contributed by atoms with Gasteiger partial charge in [0, 0.05) is 18.5 Å². The third-order valence-corrected chi connectivity index (χ3v) is 4.16. The first-order valence-corrected chi connectivity index (χ1v) is 6.86. The van der Waals surface area contributed by atoms with E-state index in [2.05, 4.69) is 5.32 Å². The van der Waals surface area contributed by atoms with E-state index in [1.165, 1.54) is 0 Å². The van der Waals surface area contributed by atoms with Crippen molar-refractivity contribution >= 4 is 5.91 Å². The standard InChI is InChI=1S/C13H24N2O2/c14-11-3-1-2-10(7-11)13(17)15-8-9-4-5-12(16)6-9/h9-12,16H,1-8,14H2,(H,15,17). The molecule has 2 aliphatic rings. The molecule has 2 rings (SSSR count). The molecule has 2 saturated carbocycles. The highest BCUT2D eigenvalue weighted by Crippen LogP contribution is 2.26. The maximum absolute atomic E-state index is 12.0. The number of hydrogen-bond acceptors (Lipinski definition) is 3. The fourth-order valence-electron chi connectivity index (χ4n) is 3.09. The lowest BCUT2D eigenvalue weighted by Gasteiger charge is -2.26.